The van der Waals surface area contributed by atoms with E-state index in [-0.39, 0.29) is 10.7 Å². The number of hydrogen-bond acceptors (Lipinski definition) is 4. The molecule has 0 aliphatic rings. The van der Waals surface area contributed by atoms with E-state index < -0.39 is 0 Å². The molecule has 2 rings (SSSR count). The smallest absolute Gasteiger partial charge is 0.236 e. The van der Waals surface area contributed by atoms with Gasteiger partial charge in [0.25, 0.3) is 0 Å². The first-order valence-electron chi connectivity index (χ1n) is 6.84. The Balaban J connectivity index is 2.15. The third-order valence-corrected chi connectivity index (χ3v) is 4.45. The van der Waals surface area contributed by atoms with Crippen molar-refractivity contribution in [3.05, 3.63) is 35.9 Å². The summed E-state index contributed by atoms with van der Waals surface area (Å²) in [6.45, 7) is 6.25. The number of amides is 1. The second kappa shape index (κ2) is 6.71. The number of carbonyl (C=O) groups excluding carboxylic acids is 1. The SMILES string of the molecule is CN(C(=O)CSC(C)(C)C)c1cn(-c2cccnc2)nc1Cl. The molecule has 0 saturated carbocycles. The molecule has 0 unspecified atom stereocenters. The Morgan fingerprint density at radius 1 is 1.45 bits per heavy atom. The largest absolute Gasteiger partial charge is 0.311 e. The maximum Gasteiger partial charge on any atom is 0.236 e. The molecule has 0 fully saturated rings. The molecule has 0 saturated heterocycles. The van der Waals surface area contributed by atoms with Crippen molar-refractivity contribution in [1.82, 2.24) is 14.8 Å². The fourth-order valence-corrected chi connectivity index (χ4v) is 2.71. The number of carbonyl (C=O) groups is 1. The number of halogens is 1. The lowest BCUT2D eigenvalue weighted by atomic mass is 10.3. The second-order valence-electron chi connectivity index (χ2n) is 5.81. The fourth-order valence-electron chi connectivity index (χ4n) is 1.70. The van der Waals surface area contributed by atoms with Gasteiger partial charge in [-0.05, 0) is 12.1 Å². The number of pyridine rings is 1. The molecule has 0 radical (unpaired) electrons. The lowest BCUT2D eigenvalue weighted by Gasteiger charge is -2.20. The Morgan fingerprint density at radius 2 is 2.18 bits per heavy atom. The summed E-state index contributed by atoms with van der Waals surface area (Å²) in [4.78, 5) is 17.9. The lowest BCUT2D eigenvalue weighted by Crippen LogP contribution is -2.29. The van der Waals surface area contributed by atoms with E-state index in [1.165, 1.54) is 0 Å². The highest BCUT2D eigenvalue weighted by molar-refractivity contribution is 8.01. The van der Waals surface area contributed by atoms with Crippen molar-refractivity contribution in [3.63, 3.8) is 0 Å². The van der Waals surface area contributed by atoms with Crippen molar-refractivity contribution in [2.75, 3.05) is 17.7 Å². The van der Waals surface area contributed by atoms with Gasteiger partial charge in [-0.15, -0.1) is 11.8 Å². The van der Waals surface area contributed by atoms with E-state index >= 15 is 0 Å². The maximum atomic E-state index is 12.3. The van der Waals surface area contributed by atoms with Crippen molar-refractivity contribution >= 4 is 35.0 Å². The third kappa shape index (κ3) is 4.24. The van der Waals surface area contributed by atoms with Crippen LogP contribution in [-0.4, -0.2) is 38.2 Å². The fraction of sp³-hybridized carbons (Fsp3) is 0.400. The van der Waals surface area contributed by atoms with Gasteiger partial charge in [0.05, 0.1) is 23.8 Å². The Labute approximate surface area is 139 Å². The Bertz CT molecular complexity index is 651. The highest BCUT2D eigenvalue weighted by atomic mass is 35.5. The van der Waals surface area contributed by atoms with Gasteiger partial charge in [-0.3, -0.25) is 9.78 Å². The average Bonchev–Trinajstić information content (AvgIpc) is 2.86. The Kier molecular flexibility index (Phi) is 5.13. The first-order chi connectivity index (χ1) is 10.3. The van der Waals surface area contributed by atoms with Crippen molar-refractivity contribution in [3.8, 4) is 5.69 Å². The molecule has 0 aromatic carbocycles. The number of rotatable bonds is 4. The van der Waals surface area contributed by atoms with Crippen LogP contribution in [-0.2, 0) is 4.79 Å². The van der Waals surface area contributed by atoms with Crippen LogP contribution in [0.3, 0.4) is 0 Å². The van der Waals surface area contributed by atoms with Crippen molar-refractivity contribution in [1.29, 1.82) is 0 Å². The van der Waals surface area contributed by atoms with Gasteiger partial charge in [0, 0.05) is 18.0 Å². The molecule has 0 bridgehead atoms. The van der Waals surface area contributed by atoms with E-state index in [0.717, 1.165) is 5.69 Å². The molecule has 0 aliphatic carbocycles. The molecule has 1 amide bonds. The van der Waals surface area contributed by atoms with Crippen molar-refractivity contribution < 1.29 is 4.79 Å². The minimum Gasteiger partial charge on any atom is -0.311 e. The zero-order valence-electron chi connectivity index (χ0n) is 13.1. The molecule has 0 spiro atoms. The van der Waals surface area contributed by atoms with Gasteiger partial charge in [-0.25, -0.2) is 4.68 Å². The summed E-state index contributed by atoms with van der Waals surface area (Å²) in [5.41, 5.74) is 1.38. The molecule has 2 heterocycles. The number of anilines is 1. The number of aromatic nitrogens is 3. The summed E-state index contributed by atoms with van der Waals surface area (Å²) < 4.78 is 1.66. The summed E-state index contributed by atoms with van der Waals surface area (Å²) in [6, 6.07) is 3.69. The number of nitrogens with zero attached hydrogens (tertiary/aromatic N) is 4. The monoisotopic (exact) mass is 338 g/mol. The van der Waals surface area contributed by atoms with Crippen LogP contribution in [0.15, 0.2) is 30.7 Å². The standard InChI is InChI=1S/C15H19ClN4OS/c1-15(2,3)22-10-13(21)19(4)12-9-20(18-14(12)16)11-6-5-7-17-8-11/h5-9H,10H2,1-4H3. The first kappa shape index (κ1) is 16.8. The predicted octanol–water partition coefficient (Wildman–Crippen LogP) is 3.42. The summed E-state index contributed by atoms with van der Waals surface area (Å²) in [7, 11) is 1.71. The molecule has 22 heavy (non-hydrogen) atoms. The van der Waals surface area contributed by atoms with Crippen LogP contribution >= 0.6 is 23.4 Å². The quantitative estimate of drug-likeness (QED) is 0.857. The van der Waals surface area contributed by atoms with E-state index in [1.807, 2.05) is 12.1 Å². The van der Waals surface area contributed by atoms with Crippen LogP contribution in [0.5, 0.6) is 0 Å². The van der Waals surface area contributed by atoms with Gasteiger partial charge in [0.2, 0.25) is 5.91 Å². The summed E-state index contributed by atoms with van der Waals surface area (Å²) in [6.07, 6.45) is 5.11. The summed E-state index contributed by atoms with van der Waals surface area (Å²) in [5, 5.41) is 4.53. The van der Waals surface area contributed by atoms with E-state index in [0.29, 0.717) is 16.6 Å². The first-order valence-corrected chi connectivity index (χ1v) is 8.20. The van der Waals surface area contributed by atoms with Crippen molar-refractivity contribution in [2.24, 2.45) is 0 Å². The minimum absolute atomic E-state index is 0.00689. The zero-order chi connectivity index (χ0) is 16.3. The van der Waals surface area contributed by atoms with Crippen LogP contribution < -0.4 is 4.90 Å². The molecule has 0 atom stereocenters. The van der Waals surface area contributed by atoms with E-state index in [2.05, 4.69) is 30.9 Å². The van der Waals surface area contributed by atoms with Gasteiger partial charge in [0.15, 0.2) is 5.15 Å². The van der Waals surface area contributed by atoms with Crippen LogP contribution in [0.1, 0.15) is 20.8 Å². The van der Waals surface area contributed by atoms with Gasteiger partial charge in [-0.1, -0.05) is 32.4 Å². The van der Waals surface area contributed by atoms with Gasteiger partial charge in [-0.2, -0.15) is 5.10 Å². The molecule has 0 N–H and O–H groups in total. The number of thioether (sulfide) groups is 1. The molecule has 5 nitrogen and oxygen atoms in total. The van der Waals surface area contributed by atoms with E-state index in [4.69, 9.17) is 11.6 Å². The van der Waals surface area contributed by atoms with E-state index in [9.17, 15) is 4.79 Å². The van der Waals surface area contributed by atoms with Crippen LogP contribution in [0, 0.1) is 0 Å². The normalized spacial score (nSPS) is 11.5. The van der Waals surface area contributed by atoms with Crippen molar-refractivity contribution in [2.45, 2.75) is 25.5 Å². The average molecular weight is 339 g/mol. The van der Waals surface area contributed by atoms with E-state index in [1.54, 1.807) is 47.0 Å². The highest BCUT2D eigenvalue weighted by Crippen LogP contribution is 2.27. The summed E-state index contributed by atoms with van der Waals surface area (Å²) >= 11 is 7.77. The predicted molar refractivity (Wildman–Crippen MR) is 92.0 cm³/mol. The molecular weight excluding hydrogens is 320 g/mol. The summed E-state index contributed by atoms with van der Waals surface area (Å²) in [5.74, 6) is 0.390. The van der Waals surface area contributed by atoms with Crippen LogP contribution in [0.4, 0.5) is 5.69 Å². The maximum absolute atomic E-state index is 12.3. The lowest BCUT2D eigenvalue weighted by molar-refractivity contribution is -0.115. The zero-order valence-corrected chi connectivity index (χ0v) is 14.6. The van der Waals surface area contributed by atoms with Crippen LogP contribution in [0.25, 0.3) is 5.69 Å². The molecule has 0 aliphatic heterocycles. The minimum atomic E-state index is -0.00689. The molecule has 118 valence electrons. The third-order valence-electron chi connectivity index (χ3n) is 2.93. The Morgan fingerprint density at radius 3 is 2.77 bits per heavy atom. The molecule has 7 heteroatoms. The number of hydrogen-bond donors (Lipinski definition) is 0. The van der Waals surface area contributed by atoms with Crippen LogP contribution in [0.2, 0.25) is 5.15 Å². The van der Waals surface area contributed by atoms with Gasteiger partial charge in [0.1, 0.15) is 5.69 Å². The topological polar surface area (TPSA) is 51.0 Å². The molecule has 2 aromatic heterocycles. The van der Waals surface area contributed by atoms with Gasteiger partial charge >= 0.3 is 0 Å². The molecular formula is C15H19ClN4OS. The highest BCUT2D eigenvalue weighted by Gasteiger charge is 2.20. The Hall–Kier alpha value is -1.53. The second-order valence-corrected chi connectivity index (χ2v) is 7.97. The van der Waals surface area contributed by atoms with Gasteiger partial charge < -0.3 is 4.90 Å². The molecule has 2 aromatic rings.